The van der Waals surface area contributed by atoms with Crippen LogP contribution >= 0.6 is 0 Å². The SMILES string of the molecule is CCN(CC)C(=O)C(C)N(CC1CCCNC1)C1CC1. The van der Waals surface area contributed by atoms with Crippen LogP contribution in [0.4, 0.5) is 0 Å². The molecule has 1 saturated heterocycles. The number of likely N-dealkylation sites (N-methyl/N-ethyl adjacent to an activating group) is 1. The molecule has 4 nitrogen and oxygen atoms in total. The van der Waals surface area contributed by atoms with Gasteiger partial charge in [0, 0.05) is 25.7 Å². The fourth-order valence-corrected chi connectivity index (χ4v) is 3.35. The van der Waals surface area contributed by atoms with E-state index in [1.54, 1.807) is 0 Å². The minimum absolute atomic E-state index is 0.0457. The fraction of sp³-hybridized carbons (Fsp3) is 0.938. The van der Waals surface area contributed by atoms with E-state index in [1.165, 1.54) is 25.7 Å². The molecular formula is C16H31N3O. The summed E-state index contributed by atoms with van der Waals surface area (Å²) in [5, 5.41) is 3.49. The van der Waals surface area contributed by atoms with Crippen molar-refractivity contribution in [2.24, 2.45) is 5.92 Å². The van der Waals surface area contributed by atoms with Crippen LogP contribution < -0.4 is 5.32 Å². The molecule has 20 heavy (non-hydrogen) atoms. The molecule has 116 valence electrons. The van der Waals surface area contributed by atoms with E-state index < -0.39 is 0 Å². The van der Waals surface area contributed by atoms with Gasteiger partial charge in [0.2, 0.25) is 5.91 Å². The van der Waals surface area contributed by atoms with Crippen LogP contribution in [0.5, 0.6) is 0 Å². The summed E-state index contributed by atoms with van der Waals surface area (Å²) >= 11 is 0. The van der Waals surface area contributed by atoms with Crippen molar-refractivity contribution in [3.63, 3.8) is 0 Å². The number of carbonyl (C=O) groups excluding carboxylic acids is 1. The lowest BCUT2D eigenvalue weighted by atomic mass is 9.98. The second-order valence-corrected chi connectivity index (χ2v) is 6.33. The van der Waals surface area contributed by atoms with Gasteiger partial charge in [-0.2, -0.15) is 0 Å². The molecule has 0 radical (unpaired) electrons. The minimum Gasteiger partial charge on any atom is -0.342 e. The summed E-state index contributed by atoms with van der Waals surface area (Å²) < 4.78 is 0. The Bertz CT molecular complexity index is 307. The van der Waals surface area contributed by atoms with Gasteiger partial charge in [0.15, 0.2) is 0 Å². The molecule has 2 unspecified atom stereocenters. The molecular weight excluding hydrogens is 250 g/mol. The van der Waals surface area contributed by atoms with Crippen molar-refractivity contribution < 1.29 is 4.79 Å². The van der Waals surface area contributed by atoms with Gasteiger partial charge in [-0.25, -0.2) is 0 Å². The van der Waals surface area contributed by atoms with E-state index in [2.05, 4.69) is 31.0 Å². The zero-order valence-corrected chi connectivity index (χ0v) is 13.4. The molecule has 0 spiro atoms. The predicted octanol–water partition coefficient (Wildman–Crippen LogP) is 1.71. The molecule has 2 aliphatic rings. The third kappa shape index (κ3) is 3.95. The Kier molecular flexibility index (Phi) is 5.85. The first-order chi connectivity index (χ1) is 9.67. The van der Waals surface area contributed by atoms with E-state index in [4.69, 9.17) is 0 Å². The van der Waals surface area contributed by atoms with Gasteiger partial charge in [0.05, 0.1) is 6.04 Å². The van der Waals surface area contributed by atoms with Gasteiger partial charge in [0.25, 0.3) is 0 Å². The van der Waals surface area contributed by atoms with Crippen LogP contribution in [0.3, 0.4) is 0 Å². The molecule has 0 bridgehead atoms. The maximum atomic E-state index is 12.6. The molecule has 1 saturated carbocycles. The van der Waals surface area contributed by atoms with Crippen molar-refractivity contribution in [2.45, 2.75) is 58.5 Å². The van der Waals surface area contributed by atoms with Gasteiger partial charge in [-0.15, -0.1) is 0 Å². The lowest BCUT2D eigenvalue weighted by Crippen LogP contribution is -2.50. The molecule has 0 aromatic carbocycles. The molecule has 1 aliphatic carbocycles. The smallest absolute Gasteiger partial charge is 0.239 e. The van der Waals surface area contributed by atoms with Gasteiger partial charge in [-0.05, 0) is 65.5 Å². The van der Waals surface area contributed by atoms with Crippen molar-refractivity contribution in [3.8, 4) is 0 Å². The summed E-state index contributed by atoms with van der Waals surface area (Å²) in [4.78, 5) is 17.0. The fourth-order valence-electron chi connectivity index (χ4n) is 3.35. The standard InChI is InChI=1S/C16H31N3O/c1-4-18(5-2)16(20)13(3)19(15-8-9-15)12-14-7-6-10-17-11-14/h13-15,17H,4-12H2,1-3H3. The number of rotatable bonds is 7. The number of piperidine rings is 1. The lowest BCUT2D eigenvalue weighted by Gasteiger charge is -2.35. The maximum Gasteiger partial charge on any atom is 0.239 e. The van der Waals surface area contributed by atoms with Crippen LogP contribution in [0.2, 0.25) is 0 Å². The van der Waals surface area contributed by atoms with Gasteiger partial charge < -0.3 is 10.2 Å². The topological polar surface area (TPSA) is 35.6 Å². The third-order valence-corrected chi connectivity index (χ3v) is 4.81. The molecule has 2 atom stereocenters. The maximum absolute atomic E-state index is 12.6. The van der Waals surface area contributed by atoms with Crippen LogP contribution in [0, 0.1) is 5.92 Å². The molecule has 4 heteroatoms. The molecule has 2 fully saturated rings. The van der Waals surface area contributed by atoms with Crippen molar-refractivity contribution in [2.75, 3.05) is 32.7 Å². The van der Waals surface area contributed by atoms with E-state index >= 15 is 0 Å². The predicted molar refractivity (Wildman–Crippen MR) is 82.7 cm³/mol. The van der Waals surface area contributed by atoms with Crippen LogP contribution in [0.1, 0.15) is 46.5 Å². The number of nitrogens with zero attached hydrogens (tertiary/aromatic N) is 2. The minimum atomic E-state index is 0.0457. The highest BCUT2D eigenvalue weighted by atomic mass is 16.2. The van der Waals surface area contributed by atoms with Crippen molar-refractivity contribution >= 4 is 5.91 Å². The molecule has 1 N–H and O–H groups in total. The van der Waals surface area contributed by atoms with Crippen LogP contribution in [0.15, 0.2) is 0 Å². The zero-order chi connectivity index (χ0) is 14.5. The Balaban J connectivity index is 1.94. The molecule has 1 aliphatic heterocycles. The van der Waals surface area contributed by atoms with Crippen LogP contribution in [-0.2, 0) is 4.79 Å². The zero-order valence-electron chi connectivity index (χ0n) is 13.4. The average Bonchev–Trinajstić information content (AvgIpc) is 3.31. The van der Waals surface area contributed by atoms with E-state index in [-0.39, 0.29) is 6.04 Å². The largest absolute Gasteiger partial charge is 0.342 e. The van der Waals surface area contributed by atoms with E-state index in [1.807, 2.05) is 4.90 Å². The number of nitrogens with one attached hydrogen (secondary N) is 1. The van der Waals surface area contributed by atoms with Crippen molar-refractivity contribution in [1.29, 1.82) is 0 Å². The van der Waals surface area contributed by atoms with E-state index in [0.29, 0.717) is 11.9 Å². The number of hydrogen-bond acceptors (Lipinski definition) is 3. The second kappa shape index (κ2) is 7.41. The molecule has 0 aromatic rings. The third-order valence-electron chi connectivity index (χ3n) is 4.81. The summed E-state index contributed by atoms with van der Waals surface area (Å²) in [6.45, 7) is 11.3. The number of amides is 1. The quantitative estimate of drug-likeness (QED) is 0.771. The normalized spacial score (nSPS) is 24.7. The van der Waals surface area contributed by atoms with Crippen LogP contribution in [0.25, 0.3) is 0 Å². The Hall–Kier alpha value is -0.610. The highest BCUT2D eigenvalue weighted by Crippen LogP contribution is 2.30. The van der Waals surface area contributed by atoms with Gasteiger partial charge in [-0.1, -0.05) is 0 Å². The van der Waals surface area contributed by atoms with Gasteiger partial charge in [-0.3, -0.25) is 9.69 Å². The molecule has 1 amide bonds. The molecule has 1 heterocycles. The summed E-state index contributed by atoms with van der Waals surface area (Å²) in [5.74, 6) is 1.03. The lowest BCUT2D eigenvalue weighted by molar-refractivity contribution is -0.136. The average molecular weight is 281 g/mol. The van der Waals surface area contributed by atoms with Crippen LogP contribution in [-0.4, -0.2) is 60.5 Å². The Labute approximate surface area is 123 Å². The van der Waals surface area contributed by atoms with Crippen molar-refractivity contribution in [1.82, 2.24) is 15.1 Å². The summed E-state index contributed by atoms with van der Waals surface area (Å²) in [5.41, 5.74) is 0. The Morgan fingerprint density at radius 2 is 1.95 bits per heavy atom. The number of carbonyl (C=O) groups is 1. The first-order valence-corrected chi connectivity index (χ1v) is 8.42. The van der Waals surface area contributed by atoms with Gasteiger partial charge >= 0.3 is 0 Å². The first-order valence-electron chi connectivity index (χ1n) is 8.42. The first kappa shape index (κ1) is 15.8. The van der Waals surface area contributed by atoms with Gasteiger partial charge in [0.1, 0.15) is 0 Å². The van der Waals surface area contributed by atoms with E-state index in [9.17, 15) is 4.79 Å². The second-order valence-electron chi connectivity index (χ2n) is 6.33. The monoisotopic (exact) mass is 281 g/mol. The Morgan fingerprint density at radius 1 is 1.25 bits per heavy atom. The van der Waals surface area contributed by atoms with Crippen molar-refractivity contribution in [3.05, 3.63) is 0 Å². The molecule has 2 rings (SSSR count). The Morgan fingerprint density at radius 3 is 2.45 bits per heavy atom. The summed E-state index contributed by atoms with van der Waals surface area (Å²) in [6, 6.07) is 0.704. The summed E-state index contributed by atoms with van der Waals surface area (Å²) in [6.07, 6.45) is 5.13. The highest BCUT2D eigenvalue weighted by molar-refractivity contribution is 5.81. The molecule has 0 aromatic heterocycles. The highest BCUT2D eigenvalue weighted by Gasteiger charge is 2.37. The number of hydrogen-bond donors (Lipinski definition) is 1. The summed E-state index contributed by atoms with van der Waals surface area (Å²) in [7, 11) is 0. The van der Waals surface area contributed by atoms with E-state index in [0.717, 1.165) is 38.6 Å².